The molecule has 0 aliphatic carbocycles. The number of aliphatic hydroxyl groups is 3. The minimum atomic E-state index is -1.28. The van der Waals surface area contributed by atoms with E-state index in [9.17, 15) is 15.3 Å². The molecule has 11 nitrogen and oxygen atoms in total. The number of nitrogen functional groups attached to an aromatic ring is 1. The van der Waals surface area contributed by atoms with E-state index < -0.39 is 31.1 Å². The third-order valence-corrected chi connectivity index (χ3v) is 5.30. The highest BCUT2D eigenvalue weighted by Gasteiger charge is 2.44. The first-order valence-corrected chi connectivity index (χ1v) is 9.89. The molecule has 5 atom stereocenters. The number of hydrogen-bond acceptors (Lipinski definition) is 10. The maximum Gasteiger partial charge on any atom is 0.321 e. The maximum absolute atomic E-state index is 10.4. The van der Waals surface area contributed by atoms with Crippen molar-refractivity contribution in [2.75, 3.05) is 19.5 Å². The number of ether oxygens (including phenoxy) is 3. The second-order valence-electron chi connectivity index (χ2n) is 7.24. The molecule has 2 aromatic heterocycles. The number of hydrogen-bond donors (Lipinski definition) is 4. The van der Waals surface area contributed by atoms with Gasteiger partial charge in [-0.2, -0.15) is 9.97 Å². The Kier molecular flexibility index (Phi) is 5.92. The lowest BCUT2D eigenvalue weighted by Gasteiger charge is -2.19. The van der Waals surface area contributed by atoms with Crippen LogP contribution in [0.15, 0.2) is 30.6 Å². The summed E-state index contributed by atoms with van der Waals surface area (Å²) in [4.78, 5) is 12.8. The Labute approximate surface area is 178 Å². The lowest BCUT2D eigenvalue weighted by molar-refractivity contribution is -0.0511. The fraction of sp³-hybridized carbons (Fsp3) is 0.450. The second-order valence-corrected chi connectivity index (χ2v) is 7.24. The quantitative estimate of drug-likeness (QED) is 0.416. The van der Waals surface area contributed by atoms with Crippen molar-refractivity contribution in [1.82, 2.24) is 19.5 Å². The number of nitrogens with two attached hydrogens (primary N) is 1. The molecule has 3 aromatic rings. The SMILES string of the molecule is CCC(Oc1nc(N)c2ncn([C@@H]3O[C@H](CO)C(O)C3O)c2n1)c1cccc(OC)c1. The van der Waals surface area contributed by atoms with Crippen molar-refractivity contribution >= 4 is 17.0 Å². The maximum atomic E-state index is 10.4. The van der Waals surface area contributed by atoms with Gasteiger partial charge in [0, 0.05) is 0 Å². The van der Waals surface area contributed by atoms with Crippen LogP contribution in [0.4, 0.5) is 5.82 Å². The van der Waals surface area contributed by atoms with Crippen LogP contribution in [0.5, 0.6) is 11.8 Å². The zero-order valence-corrected chi connectivity index (χ0v) is 17.1. The molecule has 5 N–H and O–H groups in total. The predicted octanol–water partition coefficient (Wildman–Crippen LogP) is 0.559. The Morgan fingerprint density at radius 2 is 2.06 bits per heavy atom. The third kappa shape index (κ3) is 3.88. The summed E-state index contributed by atoms with van der Waals surface area (Å²) in [6.07, 6.45) is -2.78. The van der Waals surface area contributed by atoms with Crippen LogP contribution in [0.3, 0.4) is 0 Å². The Morgan fingerprint density at radius 3 is 2.74 bits per heavy atom. The van der Waals surface area contributed by atoms with E-state index in [1.807, 2.05) is 31.2 Å². The van der Waals surface area contributed by atoms with Crippen LogP contribution < -0.4 is 15.2 Å². The van der Waals surface area contributed by atoms with E-state index in [0.29, 0.717) is 17.7 Å². The summed E-state index contributed by atoms with van der Waals surface area (Å²) in [6, 6.07) is 7.54. The molecule has 166 valence electrons. The van der Waals surface area contributed by atoms with Crippen molar-refractivity contribution in [2.45, 2.75) is 44.0 Å². The molecule has 4 rings (SSSR count). The van der Waals surface area contributed by atoms with Crippen LogP contribution in [-0.4, -0.2) is 66.9 Å². The Balaban J connectivity index is 1.67. The first-order valence-electron chi connectivity index (χ1n) is 9.89. The summed E-state index contributed by atoms with van der Waals surface area (Å²) in [6.45, 7) is 1.53. The molecule has 0 saturated carbocycles. The van der Waals surface area contributed by atoms with Crippen LogP contribution in [0, 0.1) is 0 Å². The molecule has 1 aliphatic rings. The zero-order valence-electron chi connectivity index (χ0n) is 17.1. The fourth-order valence-corrected chi connectivity index (χ4v) is 3.62. The highest BCUT2D eigenvalue weighted by Crippen LogP contribution is 2.33. The van der Waals surface area contributed by atoms with E-state index in [2.05, 4.69) is 15.0 Å². The standard InChI is InChI=1S/C20H25N5O6/c1-3-12(10-5-4-6-11(7-10)29-2)31-20-23-17(21)14-18(24-20)25(9-22-14)19-16(28)15(27)13(8-26)30-19/h4-7,9,12-13,15-16,19,26-28H,3,8H2,1-2H3,(H2,21,23,24)/t12?,13-,15?,16?,19-/m1/s1. The van der Waals surface area contributed by atoms with Gasteiger partial charge in [-0.3, -0.25) is 4.57 Å². The number of benzene rings is 1. The molecule has 11 heteroatoms. The van der Waals surface area contributed by atoms with Crippen LogP contribution >= 0.6 is 0 Å². The molecule has 3 heterocycles. The number of aliphatic hydroxyl groups excluding tert-OH is 3. The molecule has 0 bridgehead atoms. The number of aromatic nitrogens is 4. The molecule has 0 radical (unpaired) electrons. The topological polar surface area (TPSA) is 158 Å². The number of methoxy groups -OCH3 is 1. The fourth-order valence-electron chi connectivity index (χ4n) is 3.62. The van der Waals surface area contributed by atoms with Crippen LogP contribution in [0.1, 0.15) is 31.2 Å². The van der Waals surface area contributed by atoms with Gasteiger partial charge in [0.15, 0.2) is 23.2 Å². The minimum Gasteiger partial charge on any atom is -0.497 e. The molecule has 1 fully saturated rings. The number of imidazole rings is 1. The Hall–Kier alpha value is -2.99. The summed E-state index contributed by atoms with van der Waals surface area (Å²) in [7, 11) is 1.59. The van der Waals surface area contributed by atoms with E-state index in [-0.39, 0.29) is 23.6 Å². The van der Waals surface area contributed by atoms with Crippen LogP contribution in [0.2, 0.25) is 0 Å². The summed E-state index contributed by atoms with van der Waals surface area (Å²) >= 11 is 0. The predicted molar refractivity (Wildman–Crippen MR) is 109 cm³/mol. The van der Waals surface area contributed by atoms with Crippen molar-refractivity contribution in [3.63, 3.8) is 0 Å². The molecule has 1 aliphatic heterocycles. The Morgan fingerprint density at radius 1 is 1.26 bits per heavy atom. The molecule has 1 saturated heterocycles. The summed E-state index contributed by atoms with van der Waals surface area (Å²) in [5.41, 5.74) is 7.54. The molecule has 31 heavy (non-hydrogen) atoms. The number of nitrogens with zero attached hydrogens (tertiary/aromatic N) is 4. The highest BCUT2D eigenvalue weighted by molar-refractivity contribution is 5.82. The zero-order chi connectivity index (χ0) is 22.1. The third-order valence-electron chi connectivity index (χ3n) is 5.30. The first kappa shape index (κ1) is 21.2. The van der Waals surface area contributed by atoms with Crippen molar-refractivity contribution in [3.8, 4) is 11.8 Å². The first-order chi connectivity index (χ1) is 15.0. The molecule has 0 spiro atoms. The molecule has 3 unspecified atom stereocenters. The summed E-state index contributed by atoms with van der Waals surface area (Å²) in [5.74, 6) is 0.809. The number of anilines is 1. The van der Waals surface area contributed by atoms with Crippen LogP contribution in [0.25, 0.3) is 11.2 Å². The monoisotopic (exact) mass is 431 g/mol. The van der Waals surface area contributed by atoms with Gasteiger partial charge in [0.2, 0.25) is 0 Å². The highest BCUT2D eigenvalue weighted by atomic mass is 16.6. The average molecular weight is 431 g/mol. The van der Waals surface area contributed by atoms with Gasteiger partial charge in [-0.15, -0.1) is 0 Å². The van der Waals surface area contributed by atoms with Gasteiger partial charge in [-0.1, -0.05) is 19.1 Å². The molecular formula is C20H25N5O6. The van der Waals surface area contributed by atoms with Gasteiger partial charge in [0.1, 0.15) is 30.2 Å². The van der Waals surface area contributed by atoms with Gasteiger partial charge < -0.3 is 35.3 Å². The van der Waals surface area contributed by atoms with E-state index in [0.717, 1.165) is 5.56 Å². The van der Waals surface area contributed by atoms with Gasteiger partial charge in [-0.05, 0) is 24.1 Å². The largest absolute Gasteiger partial charge is 0.497 e. The van der Waals surface area contributed by atoms with E-state index >= 15 is 0 Å². The smallest absolute Gasteiger partial charge is 0.321 e. The van der Waals surface area contributed by atoms with Gasteiger partial charge in [0.05, 0.1) is 20.0 Å². The summed E-state index contributed by atoms with van der Waals surface area (Å²) in [5, 5.41) is 29.8. The van der Waals surface area contributed by atoms with E-state index in [4.69, 9.17) is 19.9 Å². The van der Waals surface area contributed by atoms with Crippen molar-refractivity contribution in [2.24, 2.45) is 0 Å². The van der Waals surface area contributed by atoms with E-state index in [1.54, 1.807) is 7.11 Å². The summed E-state index contributed by atoms with van der Waals surface area (Å²) < 4.78 is 18.3. The number of fused-ring (bicyclic) bond motifs is 1. The minimum absolute atomic E-state index is 0.0353. The lowest BCUT2D eigenvalue weighted by Crippen LogP contribution is -2.33. The molecule has 0 amide bonds. The van der Waals surface area contributed by atoms with Crippen molar-refractivity contribution in [3.05, 3.63) is 36.2 Å². The molecule has 1 aromatic carbocycles. The van der Waals surface area contributed by atoms with E-state index in [1.165, 1.54) is 10.9 Å². The Bertz CT molecular complexity index is 1060. The van der Waals surface area contributed by atoms with Crippen LogP contribution in [-0.2, 0) is 4.74 Å². The normalized spacial score (nSPS) is 24.4. The lowest BCUT2D eigenvalue weighted by atomic mass is 10.1. The second kappa shape index (κ2) is 8.63. The average Bonchev–Trinajstić information content (AvgIpc) is 3.33. The van der Waals surface area contributed by atoms with Crippen molar-refractivity contribution < 1.29 is 29.5 Å². The van der Waals surface area contributed by atoms with Crippen molar-refractivity contribution in [1.29, 1.82) is 0 Å². The van der Waals surface area contributed by atoms with Gasteiger partial charge in [0.25, 0.3) is 0 Å². The van der Waals surface area contributed by atoms with Gasteiger partial charge >= 0.3 is 6.01 Å². The van der Waals surface area contributed by atoms with Gasteiger partial charge in [-0.25, -0.2) is 4.98 Å². The number of rotatable bonds is 7. The molecular weight excluding hydrogens is 406 g/mol.